The molecule has 0 heterocycles. The molecule has 0 aromatic heterocycles. The first-order valence-electron chi connectivity index (χ1n) is 3.67. The van der Waals surface area contributed by atoms with Gasteiger partial charge in [0.2, 0.25) is 0 Å². The van der Waals surface area contributed by atoms with E-state index in [2.05, 4.69) is 53.6 Å². The van der Waals surface area contributed by atoms with E-state index < -0.39 is 0 Å². The molecule has 1 aliphatic rings. The minimum atomic E-state index is 0.309. The van der Waals surface area contributed by atoms with Crippen molar-refractivity contribution in [2.24, 2.45) is 0 Å². The summed E-state index contributed by atoms with van der Waals surface area (Å²) in [6.45, 7) is 9.00. The van der Waals surface area contributed by atoms with Gasteiger partial charge in [-0.2, -0.15) is 0 Å². The van der Waals surface area contributed by atoms with Gasteiger partial charge in [0.25, 0.3) is 13.6 Å². The summed E-state index contributed by atoms with van der Waals surface area (Å²) >= 11 is 4.43. The second-order valence-electron chi connectivity index (χ2n) is 2.36. The van der Waals surface area contributed by atoms with E-state index in [9.17, 15) is 0 Å². The van der Waals surface area contributed by atoms with Gasteiger partial charge in [-0.3, -0.25) is 9.59 Å². The molecular weight excluding hydrogens is 223 g/mol. The van der Waals surface area contributed by atoms with Gasteiger partial charge in [-0.05, 0) is 0 Å². The quantitative estimate of drug-likeness (QED) is 0.676. The van der Waals surface area contributed by atoms with Crippen molar-refractivity contribution in [2.75, 3.05) is 0 Å². The Morgan fingerprint density at radius 3 is 2.21 bits per heavy atom. The second-order valence-corrected chi connectivity index (χ2v) is 3.01. The molecule has 1 unspecified atom stereocenters. The Kier molecular flexibility index (Phi) is 6.62. The molecule has 0 bridgehead atoms. The van der Waals surface area contributed by atoms with E-state index in [1.54, 1.807) is 0 Å². The third-order valence-electron chi connectivity index (χ3n) is 1.72. The first-order valence-corrected chi connectivity index (χ1v) is 4.27. The predicted molar refractivity (Wildman–Crippen MR) is 49.6 cm³/mol. The normalized spacial score (nSPS) is 15.7. The van der Waals surface area contributed by atoms with Crippen molar-refractivity contribution in [3.8, 4) is 0 Å². The number of hydrogen-bond donors (Lipinski definition) is 0. The van der Waals surface area contributed by atoms with Gasteiger partial charge in [0, 0.05) is 0 Å². The van der Waals surface area contributed by atoms with Crippen LogP contribution in [0.5, 0.6) is 0 Å². The van der Waals surface area contributed by atoms with Crippen LogP contribution in [0.2, 0.25) is 0 Å². The molecule has 14 heavy (non-hydrogen) atoms. The molecule has 0 N–H and O–H groups in total. The van der Waals surface area contributed by atoms with E-state index in [0.29, 0.717) is 4.85 Å². The van der Waals surface area contributed by atoms with Crippen molar-refractivity contribution in [1.82, 2.24) is 0 Å². The fourth-order valence-corrected chi connectivity index (χ4v) is 1.56. The van der Waals surface area contributed by atoms with Crippen LogP contribution >= 0.6 is 0 Å². The van der Waals surface area contributed by atoms with Gasteiger partial charge in [0.15, 0.2) is 0 Å². The molecule has 0 saturated carbocycles. The van der Waals surface area contributed by atoms with Gasteiger partial charge < -0.3 is 0 Å². The van der Waals surface area contributed by atoms with Crippen LogP contribution in [0, 0.1) is 0 Å². The first kappa shape index (κ1) is 12.8. The standard InChI is InChI=1S/C9H7.2CO.Co/c1-2-5-9-7-3-6-8(9)4-1;2*1-2;/h1-7H;;;. The SMILES string of the molecule is [C]=O.[C]=O.[Co][CH]1C=Cc2ccccc21. The molecule has 0 spiro atoms. The van der Waals surface area contributed by atoms with Crippen molar-refractivity contribution in [1.29, 1.82) is 0 Å². The fourth-order valence-electron chi connectivity index (χ4n) is 1.19. The number of rotatable bonds is 0. The molecule has 3 heteroatoms. The molecule has 0 amide bonds. The number of hydrogen-bond acceptors (Lipinski definition) is 2. The summed E-state index contributed by atoms with van der Waals surface area (Å²) in [6, 6.07) is 8.33. The Hall–Kier alpha value is -1.19. The molecular formula is C11H7CoO2. The Labute approximate surface area is 91.6 Å². The molecule has 1 aliphatic carbocycles. The summed E-state index contributed by atoms with van der Waals surface area (Å²) < 4.78 is 0. The average Bonchev–Trinajstić information content (AvgIpc) is 2.67. The van der Waals surface area contributed by atoms with Crippen LogP contribution in [0.3, 0.4) is 0 Å². The minimum absolute atomic E-state index is 0.309. The van der Waals surface area contributed by atoms with E-state index in [4.69, 9.17) is 9.59 Å². The molecule has 0 aliphatic heterocycles. The van der Waals surface area contributed by atoms with Crippen LogP contribution in [0.15, 0.2) is 30.3 Å². The third kappa shape index (κ3) is 2.94. The van der Waals surface area contributed by atoms with Gasteiger partial charge in [-0.25, -0.2) is 0 Å². The van der Waals surface area contributed by atoms with E-state index in [0.717, 1.165) is 0 Å². The van der Waals surface area contributed by atoms with Gasteiger partial charge in [-0.1, -0.05) is 0 Å². The van der Waals surface area contributed by atoms with Crippen molar-refractivity contribution in [3.05, 3.63) is 41.5 Å². The molecule has 1 atom stereocenters. The van der Waals surface area contributed by atoms with E-state index in [1.165, 1.54) is 11.1 Å². The Balaban J connectivity index is 0.000000379. The summed E-state index contributed by atoms with van der Waals surface area (Å²) in [4.78, 5) is 15.3. The van der Waals surface area contributed by atoms with Gasteiger partial charge in [-0.15, -0.1) is 0 Å². The van der Waals surface area contributed by atoms with Crippen molar-refractivity contribution in [3.63, 3.8) is 0 Å². The van der Waals surface area contributed by atoms with Crippen LogP contribution in [0.1, 0.15) is 16.0 Å². The number of benzene rings is 1. The summed E-state index contributed by atoms with van der Waals surface area (Å²) in [5, 5.41) is 0. The van der Waals surface area contributed by atoms with Crippen molar-refractivity contribution in [2.45, 2.75) is 4.85 Å². The third-order valence-corrected chi connectivity index (χ3v) is 2.24. The maximum atomic E-state index is 7.50. The zero-order valence-corrected chi connectivity index (χ0v) is 8.23. The maximum absolute atomic E-state index is 7.50. The van der Waals surface area contributed by atoms with Gasteiger partial charge in [0.05, 0.1) is 0 Å². The van der Waals surface area contributed by atoms with Gasteiger partial charge in [0.1, 0.15) is 0 Å². The van der Waals surface area contributed by atoms with E-state index in [1.807, 2.05) is 12.1 Å². The van der Waals surface area contributed by atoms with Gasteiger partial charge >= 0.3 is 68.1 Å². The summed E-state index contributed by atoms with van der Waals surface area (Å²) in [7, 11) is 0. The molecule has 1 aromatic rings. The second kappa shape index (κ2) is 7.23. The number of carbonyl (C=O) groups excluding carboxylic acids is 2. The molecule has 0 fully saturated rings. The summed E-state index contributed by atoms with van der Waals surface area (Å²) in [5.74, 6) is 0. The summed E-state index contributed by atoms with van der Waals surface area (Å²) in [6.07, 6.45) is 4.22. The molecule has 2 rings (SSSR count). The van der Waals surface area contributed by atoms with Crippen molar-refractivity contribution >= 4 is 19.7 Å². The van der Waals surface area contributed by atoms with Crippen LogP contribution in [-0.2, 0) is 25.3 Å². The fraction of sp³-hybridized carbons (Fsp3) is 0.0909. The van der Waals surface area contributed by atoms with Crippen LogP contribution in [0.4, 0.5) is 0 Å². The Bertz CT molecular complexity index is 308. The van der Waals surface area contributed by atoms with Crippen molar-refractivity contribution < 1.29 is 25.3 Å². The first-order chi connectivity index (χ1) is 6.88. The Morgan fingerprint density at radius 1 is 1.07 bits per heavy atom. The summed E-state index contributed by atoms with van der Waals surface area (Å²) in [5.41, 5.74) is 2.63. The van der Waals surface area contributed by atoms with E-state index in [-0.39, 0.29) is 0 Å². The predicted octanol–water partition coefficient (Wildman–Crippen LogP) is 1.51. The van der Waals surface area contributed by atoms with Crippen LogP contribution in [-0.4, -0.2) is 13.6 Å². The Morgan fingerprint density at radius 2 is 1.64 bits per heavy atom. The van der Waals surface area contributed by atoms with Crippen LogP contribution in [0.25, 0.3) is 6.08 Å². The monoisotopic (exact) mass is 230 g/mol. The molecule has 0 saturated heterocycles. The molecule has 4 radical (unpaired) electrons. The molecule has 72 valence electrons. The van der Waals surface area contributed by atoms with E-state index >= 15 is 0 Å². The zero-order chi connectivity index (χ0) is 11.0. The number of allylic oxidation sites excluding steroid dienone is 1. The molecule has 2 nitrogen and oxygen atoms in total. The van der Waals surface area contributed by atoms with Crippen LogP contribution < -0.4 is 0 Å². The average molecular weight is 230 g/mol. The molecule has 1 aromatic carbocycles. The topological polar surface area (TPSA) is 34.1 Å². The zero-order valence-electron chi connectivity index (χ0n) is 7.19. The number of fused-ring (bicyclic) bond motifs is 1.